The van der Waals surface area contributed by atoms with Gasteiger partial charge >= 0.3 is 5.97 Å². The van der Waals surface area contributed by atoms with Gasteiger partial charge < -0.3 is 4.74 Å². The fraction of sp³-hybridized carbons (Fsp3) is 0.471. The molecular formula is C17H23NO2. The first-order valence-electron chi connectivity index (χ1n) is 6.80. The number of hydrogen-bond donors (Lipinski definition) is 1. The molecule has 1 aromatic carbocycles. The maximum Gasteiger partial charge on any atom is 0.330 e. The second-order valence-corrected chi connectivity index (χ2v) is 5.18. The van der Waals surface area contributed by atoms with Crippen LogP contribution in [0.2, 0.25) is 0 Å². The van der Waals surface area contributed by atoms with Crippen LogP contribution >= 0.6 is 0 Å². The Morgan fingerprint density at radius 2 is 1.90 bits per heavy atom. The second-order valence-electron chi connectivity index (χ2n) is 5.18. The van der Waals surface area contributed by atoms with Crippen LogP contribution in [0.15, 0.2) is 12.1 Å². The van der Waals surface area contributed by atoms with E-state index in [1.165, 1.54) is 5.56 Å². The number of terminal acetylenes is 1. The Morgan fingerprint density at radius 3 is 2.35 bits per heavy atom. The zero-order valence-corrected chi connectivity index (χ0v) is 13.0. The molecule has 0 aliphatic heterocycles. The van der Waals surface area contributed by atoms with E-state index in [9.17, 15) is 4.79 Å². The van der Waals surface area contributed by atoms with Gasteiger partial charge in [-0.05, 0) is 51.3 Å². The zero-order valence-electron chi connectivity index (χ0n) is 13.0. The van der Waals surface area contributed by atoms with Crippen molar-refractivity contribution < 1.29 is 9.53 Å². The number of carbonyl (C=O) groups excluding carboxylic acids is 1. The highest BCUT2D eigenvalue weighted by Crippen LogP contribution is 2.30. The van der Waals surface area contributed by atoms with Gasteiger partial charge in [0.15, 0.2) is 0 Å². The van der Waals surface area contributed by atoms with Gasteiger partial charge in [0.1, 0.15) is 5.54 Å². The first-order valence-corrected chi connectivity index (χ1v) is 6.80. The zero-order chi connectivity index (χ0) is 15.3. The van der Waals surface area contributed by atoms with E-state index in [0.717, 1.165) is 16.7 Å². The molecule has 0 radical (unpaired) electrons. The van der Waals surface area contributed by atoms with Crippen LogP contribution in [0.3, 0.4) is 0 Å². The van der Waals surface area contributed by atoms with Crippen LogP contribution in [0, 0.1) is 33.1 Å². The quantitative estimate of drug-likeness (QED) is 0.662. The monoisotopic (exact) mass is 273 g/mol. The van der Waals surface area contributed by atoms with Crippen molar-refractivity contribution in [2.24, 2.45) is 0 Å². The summed E-state index contributed by atoms with van der Waals surface area (Å²) in [4.78, 5) is 12.4. The number of ether oxygens (including phenoxy) is 1. The van der Waals surface area contributed by atoms with Crippen molar-refractivity contribution in [3.63, 3.8) is 0 Å². The van der Waals surface area contributed by atoms with Crippen LogP contribution in [-0.2, 0) is 15.1 Å². The minimum atomic E-state index is -0.926. The Kier molecular flexibility index (Phi) is 5.35. The molecule has 0 aromatic heterocycles. The molecule has 0 amide bonds. The lowest BCUT2D eigenvalue weighted by Gasteiger charge is -2.31. The van der Waals surface area contributed by atoms with Crippen LogP contribution in [-0.4, -0.2) is 19.1 Å². The molecule has 3 nitrogen and oxygen atoms in total. The number of rotatable bonds is 5. The van der Waals surface area contributed by atoms with E-state index in [0.29, 0.717) is 13.2 Å². The molecule has 1 N–H and O–H groups in total. The van der Waals surface area contributed by atoms with Crippen LogP contribution in [0.4, 0.5) is 0 Å². The number of nitrogens with one attached hydrogen (secondary N) is 1. The van der Waals surface area contributed by atoms with E-state index in [1.807, 2.05) is 27.7 Å². The molecule has 1 unspecified atom stereocenters. The molecule has 108 valence electrons. The molecule has 0 saturated heterocycles. The summed E-state index contributed by atoms with van der Waals surface area (Å²) >= 11 is 0. The third-order valence-electron chi connectivity index (χ3n) is 3.40. The van der Waals surface area contributed by atoms with E-state index < -0.39 is 5.54 Å². The van der Waals surface area contributed by atoms with Gasteiger partial charge in [-0.1, -0.05) is 23.6 Å². The van der Waals surface area contributed by atoms with Gasteiger partial charge in [0.25, 0.3) is 0 Å². The summed E-state index contributed by atoms with van der Waals surface area (Å²) in [6.45, 7) is 10.3. The molecule has 0 bridgehead atoms. The van der Waals surface area contributed by atoms with Crippen molar-refractivity contribution >= 4 is 5.97 Å². The van der Waals surface area contributed by atoms with Gasteiger partial charge in [0.05, 0.1) is 13.2 Å². The second kappa shape index (κ2) is 6.58. The predicted molar refractivity (Wildman–Crippen MR) is 81.5 cm³/mol. The summed E-state index contributed by atoms with van der Waals surface area (Å²) in [6.07, 6.45) is 5.32. The summed E-state index contributed by atoms with van der Waals surface area (Å²) in [7, 11) is 0. The van der Waals surface area contributed by atoms with Gasteiger partial charge in [0, 0.05) is 0 Å². The Morgan fingerprint density at radius 1 is 1.35 bits per heavy atom. The number of carbonyl (C=O) groups is 1. The topological polar surface area (TPSA) is 38.3 Å². The molecule has 3 heteroatoms. The molecule has 0 saturated carbocycles. The van der Waals surface area contributed by atoms with E-state index in [2.05, 4.69) is 23.4 Å². The molecule has 20 heavy (non-hydrogen) atoms. The van der Waals surface area contributed by atoms with Gasteiger partial charge in [0.2, 0.25) is 0 Å². The highest BCUT2D eigenvalue weighted by Gasteiger charge is 2.38. The standard InChI is InChI=1S/C17H23NO2/c1-7-9-18-17(6,16(19)20-8-2)15-13(4)10-12(3)11-14(15)5/h1,10-11,18H,8-9H2,2-6H3. The average Bonchev–Trinajstić information content (AvgIpc) is 2.35. The van der Waals surface area contributed by atoms with Crippen LogP contribution in [0.1, 0.15) is 36.1 Å². The molecule has 1 rings (SSSR count). The van der Waals surface area contributed by atoms with Gasteiger partial charge in [-0.15, -0.1) is 6.42 Å². The average molecular weight is 273 g/mol. The minimum Gasteiger partial charge on any atom is -0.464 e. The van der Waals surface area contributed by atoms with E-state index >= 15 is 0 Å². The number of hydrogen-bond acceptors (Lipinski definition) is 3. The van der Waals surface area contributed by atoms with Crippen molar-refractivity contribution in [3.8, 4) is 12.3 Å². The first kappa shape index (κ1) is 16.3. The number of esters is 1. The number of benzene rings is 1. The van der Waals surface area contributed by atoms with E-state index in [-0.39, 0.29) is 5.97 Å². The lowest BCUT2D eigenvalue weighted by Crippen LogP contribution is -2.49. The molecule has 1 aromatic rings. The van der Waals surface area contributed by atoms with Crippen LogP contribution in [0.25, 0.3) is 0 Å². The third-order valence-corrected chi connectivity index (χ3v) is 3.40. The fourth-order valence-electron chi connectivity index (χ4n) is 2.73. The molecule has 0 aliphatic carbocycles. The van der Waals surface area contributed by atoms with Gasteiger partial charge in [-0.25, -0.2) is 4.79 Å². The minimum absolute atomic E-state index is 0.301. The maximum absolute atomic E-state index is 12.4. The molecule has 0 fully saturated rings. The first-order chi connectivity index (χ1) is 9.36. The Balaban J connectivity index is 3.38. The smallest absolute Gasteiger partial charge is 0.330 e. The lowest BCUT2D eigenvalue weighted by molar-refractivity contribution is -0.150. The van der Waals surface area contributed by atoms with Crippen molar-refractivity contribution in [3.05, 3.63) is 34.4 Å². The Bertz CT molecular complexity index is 519. The summed E-state index contributed by atoms with van der Waals surface area (Å²) in [5, 5.41) is 3.14. The third kappa shape index (κ3) is 3.20. The molecule has 0 spiro atoms. The highest BCUT2D eigenvalue weighted by molar-refractivity contribution is 5.83. The number of aryl methyl sites for hydroxylation is 3. The van der Waals surface area contributed by atoms with E-state index in [4.69, 9.17) is 11.2 Å². The van der Waals surface area contributed by atoms with E-state index in [1.54, 1.807) is 6.92 Å². The molecule has 0 heterocycles. The molecular weight excluding hydrogens is 250 g/mol. The van der Waals surface area contributed by atoms with Crippen molar-refractivity contribution in [1.82, 2.24) is 5.32 Å². The molecule has 0 aliphatic rings. The summed E-state index contributed by atoms with van der Waals surface area (Å²) < 4.78 is 5.23. The Hall–Kier alpha value is -1.79. The summed E-state index contributed by atoms with van der Waals surface area (Å²) in [5.74, 6) is 2.22. The largest absolute Gasteiger partial charge is 0.464 e. The Labute approximate surface area is 121 Å². The summed E-state index contributed by atoms with van der Waals surface area (Å²) in [5.41, 5.74) is 3.30. The SMILES string of the molecule is C#CCNC(C)(C(=O)OCC)c1c(C)cc(C)cc1C. The summed E-state index contributed by atoms with van der Waals surface area (Å²) in [6, 6.07) is 4.13. The fourth-order valence-corrected chi connectivity index (χ4v) is 2.73. The van der Waals surface area contributed by atoms with Crippen molar-refractivity contribution in [1.29, 1.82) is 0 Å². The van der Waals surface area contributed by atoms with Gasteiger partial charge in [-0.3, -0.25) is 5.32 Å². The van der Waals surface area contributed by atoms with Gasteiger partial charge in [-0.2, -0.15) is 0 Å². The highest BCUT2D eigenvalue weighted by atomic mass is 16.5. The lowest BCUT2D eigenvalue weighted by atomic mass is 9.84. The maximum atomic E-state index is 12.4. The predicted octanol–water partition coefficient (Wildman–Crippen LogP) is 2.61. The normalized spacial score (nSPS) is 13.4. The van der Waals surface area contributed by atoms with Crippen molar-refractivity contribution in [2.75, 3.05) is 13.2 Å². The van der Waals surface area contributed by atoms with Crippen LogP contribution in [0.5, 0.6) is 0 Å². The van der Waals surface area contributed by atoms with Crippen LogP contribution < -0.4 is 5.32 Å². The van der Waals surface area contributed by atoms with Crippen molar-refractivity contribution in [2.45, 2.75) is 40.2 Å². The molecule has 1 atom stereocenters.